The van der Waals surface area contributed by atoms with Crippen LogP contribution in [-0.4, -0.2) is 85.9 Å². The molecule has 1 aliphatic rings. The summed E-state index contributed by atoms with van der Waals surface area (Å²) in [5.41, 5.74) is 0.144. The highest BCUT2D eigenvalue weighted by molar-refractivity contribution is 7.88. The van der Waals surface area contributed by atoms with Gasteiger partial charge in [0.1, 0.15) is 11.9 Å². The van der Waals surface area contributed by atoms with Crippen LogP contribution < -0.4 is 10.1 Å². The number of aliphatic hydroxyl groups excluding tert-OH is 1. The average Bonchev–Trinajstić information content (AvgIpc) is 2.73. The molecule has 0 saturated carbocycles. The number of aliphatic hydroxyl groups is 1. The summed E-state index contributed by atoms with van der Waals surface area (Å²) in [6, 6.07) is 3.52. The zero-order chi connectivity index (χ0) is 25.8. The third-order valence-corrected chi connectivity index (χ3v) is 6.87. The van der Waals surface area contributed by atoms with Crippen LogP contribution in [0.5, 0.6) is 5.75 Å². The van der Waals surface area contributed by atoms with Crippen molar-refractivity contribution in [1.29, 1.82) is 0 Å². The van der Waals surface area contributed by atoms with Gasteiger partial charge in [0.2, 0.25) is 15.9 Å². The molecule has 0 aromatic heterocycles. The standard InChI is InChI=1S/C21H30F3N3O6S/c1-13-10-27(14(2)12-28)20(30)16-9-15(25-19(29)7-8-21(22,23)24)5-6-17(16)33-18(13)11-26(3)34(4,31)32/h5-6,9,13-14,18,28H,7-8,10-12H2,1-4H3,(H,25,29)/t13-,14-,18+/m1/s1. The van der Waals surface area contributed by atoms with Gasteiger partial charge in [-0.1, -0.05) is 6.92 Å². The Hall–Kier alpha value is -2.38. The van der Waals surface area contributed by atoms with Crippen molar-refractivity contribution in [2.45, 2.75) is 45.0 Å². The van der Waals surface area contributed by atoms with Crippen LogP contribution >= 0.6 is 0 Å². The van der Waals surface area contributed by atoms with Crippen molar-refractivity contribution >= 4 is 27.5 Å². The molecule has 3 atom stereocenters. The van der Waals surface area contributed by atoms with Crippen LogP contribution in [0.25, 0.3) is 0 Å². The fraction of sp³-hybridized carbons (Fsp3) is 0.619. The Kier molecular flexibility index (Phi) is 8.94. The zero-order valence-corrected chi connectivity index (χ0v) is 20.2. The van der Waals surface area contributed by atoms with Gasteiger partial charge in [0.15, 0.2) is 0 Å². The number of halogens is 3. The summed E-state index contributed by atoms with van der Waals surface area (Å²) in [5.74, 6) is -1.54. The summed E-state index contributed by atoms with van der Waals surface area (Å²) >= 11 is 0. The number of carbonyl (C=O) groups excluding carboxylic acids is 2. The maximum Gasteiger partial charge on any atom is 0.389 e. The second-order valence-corrected chi connectivity index (χ2v) is 10.6. The lowest BCUT2D eigenvalue weighted by molar-refractivity contribution is -0.142. The molecule has 0 saturated heterocycles. The van der Waals surface area contributed by atoms with Crippen LogP contribution in [0.1, 0.15) is 37.0 Å². The summed E-state index contributed by atoms with van der Waals surface area (Å²) in [6.45, 7) is 3.28. The third kappa shape index (κ3) is 7.57. The highest BCUT2D eigenvalue weighted by Gasteiger charge is 2.34. The smallest absolute Gasteiger partial charge is 0.389 e. The summed E-state index contributed by atoms with van der Waals surface area (Å²) < 4.78 is 68.1. The lowest BCUT2D eigenvalue weighted by Crippen LogP contribution is -2.50. The highest BCUT2D eigenvalue weighted by Crippen LogP contribution is 2.31. The minimum atomic E-state index is -4.47. The van der Waals surface area contributed by atoms with Crippen LogP contribution in [0, 0.1) is 5.92 Å². The molecular weight excluding hydrogens is 479 g/mol. The third-order valence-electron chi connectivity index (χ3n) is 5.59. The van der Waals surface area contributed by atoms with Crippen LogP contribution in [-0.2, 0) is 14.8 Å². The number of likely N-dealkylation sites (N-methyl/N-ethyl adjacent to an activating group) is 1. The molecule has 1 aliphatic heterocycles. The molecular formula is C21H30F3N3O6S. The monoisotopic (exact) mass is 509 g/mol. The number of fused-ring (bicyclic) bond motifs is 1. The van der Waals surface area contributed by atoms with E-state index < -0.39 is 53.0 Å². The Morgan fingerprint density at radius 2 is 2.03 bits per heavy atom. The SMILES string of the molecule is C[C@@H]1CN([C@H](C)CO)C(=O)c2cc(NC(=O)CCC(F)(F)F)ccc2O[C@H]1CN(C)S(C)(=O)=O. The Balaban J connectivity index is 2.39. The van der Waals surface area contributed by atoms with Crippen LogP contribution in [0.4, 0.5) is 18.9 Å². The van der Waals surface area contributed by atoms with Crippen molar-refractivity contribution < 1.29 is 41.0 Å². The molecule has 0 bridgehead atoms. The summed E-state index contributed by atoms with van der Waals surface area (Å²) in [4.78, 5) is 26.6. The molecule has 2 amide bonds. The normalized spacial score (nSPS) is 20.3. The zero-order valence-electron chi connectivity index (χ0n) is 19.4. The Morgan fingerprint density at radius 1 is 1.38 bits per heavy atom. The fourth-order valence-electron chi connectivity index (χ4n) is 3.39. The molecule has 2 rings (SSSR count). The van der Waals surface area contributed by atoms with Gasteiger partial charge in [-0.25, -0.2) is 12.7 Å². The lowest BCUT2D eigenvalue weighted by atomic mass is 9.99. The first-order valence-electron chi connectivity index (χ1n) is 10.6. The number of anilines is 1. The number of nitrogens with zero attached hydrogens (tertiary/aromatic N) is 2. The molecule has 1 heterocycles. The largest absolute Gasteiger partial charge is 0.488 e. The number of amides is 2. The Bertz CT molecular complexity index is 1000. The van der Waals surface area contributed by atoms with Gasteiger partial charge in [0, 0.05) is 31.6 Å². The summed E-state index contributed by atoms with van der Waals surface area (Å²) in [6.07, 6.45) is -6.10. The van der Waals surface area contributed by atoms with Gasteiger partial charge in [-0.2, -0.15) is 13.2 Å². The van der Waals surface area contributed by atoms with E-state index in [0.717, 1.165) is 10.6 Å². The molecule has 0 aliphatic carbocycles. The maximum absolute atomic E-state index is 13.3. The van der Waals surface area contributed by atoms with Crippen LogP contribution in [0.15, 0.2) is 18.2 Å². The lowest BCUT2D eigenvalue weighted by Gasteiger charge is -2.38. The van der Waals surface area contributed by atoms with Gasteiger partial charge < -0.3 is 20.1 Å². The van der Waals surface area contributed by atoms with Gasteiger partial charge in [0.25, 0.3) is 5.91 Å². The Morgan fingerprint density at radius 3 is 2.59 bits per heavy atom. The molecule has 1 aromatic rings. The van der Waals surface area contributed by atoms with Gasteiger partial charge >= 0.3 is 6.18 Å². The van der Waals surface area contributed by atoms with Crippen molar-refractivity contribution in [2.75, 3.05) is 38.3 Å². The van der Waals surface area contributed by atoms with E-state index >= 15 is 0 Å². The predicted octanol–water partition coefficient (Wildman–Crippen LogP) is 2.08. The molecule has 34 heavy (non-hydrogen) atoms. The number of benzene rings is 1. The van der Waals surface area contributed by atoms with Crippen LogP contribution in [0.3, 0.4) is 0 Å². The molecule has 0 spiro atoms. The second-order valence-electron chi connectivity index (χ2n) is 8.54. The number of rotatable bonds is 8. The number of alkyl halides is 3. The number of sulfonamides is 1. The Labute approximate surface area is 196 Å². The minimum absolute atomic E-state index is 0.00487. The van der Waals surface area contributed by atoms with E-state index in [9.17, 15) is 36.3 Å². The predicted molar refractivity (Wildman–Crippen MR) is 119 cm³/mol. The van der Waals surface area contributed by atoms with E-state index in [-0.39, 0.29) is 42.6 Å². The van der Waals surface area contributed by atoms with Crippen LogP contribution in [0.2, 0.25) is 0 Å². The second kappa shape index (κ2) is 10.9. The topological polar surface area (TPSA) is 116 Å². The average molecular weight is 510 g/mol. The maximum atomic E-state index is 13.3. The first-order valence-corrected chi connectivity index (χ1v) is 12.5. The quantitative estimate of drug-likeness (QED) is 0.554. The van der Waals surface area contributed by atoms with E-state index in [4.69, 9.17) is 4.74 Å². The van der Waals surface area contributed by atoms with E-state index in [2.05, 4.69) is 5.32 Å². The van der Waals surface area contributed by atoms with Gasteiger partial charge in [-0.3, -0.25) is 9.59 Å². The first-order chi connectivity index (χ1) is 15.6. The summed E-state index contributed by atoms with van der Waals surface area (Å²) in [7, 11) is -2.09. The van der Waals surface area contributed by atoms with E-state index in [1.165, 1.54) is 30.1 Å². The van der Waals surface area contributed by atoms with Gasteiger partial charge in [-0.05, 0) is 25.1 Å². The highest BCUT2D eigenvalue weighted by atomic mass is 32.2. The minimum Gasteiger partial charge on any atom is -0.488 e. The molecule has 0 fully saturated rings. The van der Waals surface area contributed by atoms with Crippen molar-refractivity contribution in [1.82, 2.24) is 9.21 Å². The van der Waals surface area contributed by atoms with E-state index in [1.54, 1.807) is 13.8 Å². The van der Waals surface area contributed by atoms with E-state index in [1.807, 2.05) is 0 Å². The van der Waals surface area contributed by atoms with Crippen molar-refractivity contribution in [3.8, 4) is 5.75 Å². The van der Waals surface area contributed by atoms with Gasteiger partial charge in [0.05, 0.1) is 37.4 Å². The number of hydrogen-bond donors (Lipinski definition) is 2. The number of carbonyl (C=O) groups is 2. The molecule has 192 valence electrons. The molecule has 1 aromatic carbocycles. The van der Waals surface area contributed by atoms with Crippen molar-refractivity contribution in [3.05, 3.63) is 23.8 Å². The molecule has 2 N–H and O–H groups in total. The van der Waals surface area contributed by atoms with E-state index in [0.29, 0.717) is 0 Å². The molecule has 0 unspecified atom stereocenters. The summed E-state index contributed by atoms with van der Waals surface area (Å²) in [5, 5.41) is 12.0. The van der Waals surface area contributed by atoms with Gasteiger partial charge in [-0.15, -0.1) is 0 Å². The fourth-order valence-corrected chi connectivity index (χ4v) is 3.80. The first kappa shape index (κ1) is 27.9. The number of ether oxygens (including phenoxy) is 1. The number of hydrogen-bond acceptors (Lipinski definition) is 6. The number of nitrogens with one attached hydrogen (secondary N) is 1. The van der Waals surface area contributed by atoms with Crippen molar-refractivity contribution in [2.24, 2.45) is 5.92 Å². The van der Waals surface area contributed by atoms with Crippen molar-refractivity contribution in [3.63, 3.8) is 0 Å². The molecule has 13 heteroatoms. The molecule has 0 radical (unpaired) electrons. The molecule has 9 nitrogen and oxygen atoms in total.